The van der Waals surface area contributed by atoms with Gasteiger partial charge in [0.1, 0.15) is 11.5 Å². The molecule has 0 aliphatic carbocycles. The summed E-state index contributed by atoms with van der Waals surface area (Å²) in [5, 5.41) is 17.0. The van der Waals surface area contributed by atoms with Crippen LogP contribution in [0.5, 0.6) is 5.75 Å². The molecule has 0 radical (unpaired) electrons. The predicted octanol–water partition coefficient (Wildman–Crippen LogP) is 4.87. The van der Waals surface area contributed by atoms with Gasteiger partial charge < -0.3 is 19.7 Å². The van der Waals surface area contributed by atoms with Crippen LogP contribution in [0.4, 0.5) is 10.2 Å². The summed E-state index contributed by atoms with van der Waals surface area (Å²) >= 11 is 8.67. The molecule has 13 heteroatoms. The number of carbonyl (C=O) groups excluding carboxylic acids is 1. The van der Waals surface area contributed by atoms with E-state index >= 15 is 4.39 Å². The van der Waals surface area contributed by atoms with Gasteiger partial charge in [0.15, 0.2) is 11.6 Å². The Morgan fingerprint density at radius 1 is 1.18 bits per heavy atom. The van der Waals surface area contributed by atoms with Crippen molar-refractivity contribution >= 4 is 46.2 Å². The van der Waals surface area contributed by atoms with Crippen molar-refractivity contribution in [3.05, 3.63) is 102 Å². The quantitative estimate of drug-likeness (QED) is 0.254. The van der Waals surface area contributed by atoms with Crippen LogP contribution < -0.4 is 15.6 Å². The zero-order valence-electron chi connectivity index (χ0n) is 20.4. The SMILES string of the molecule is COc1c(-c2cn(Cc3ccns3)c(=O)cc2F)nn(C(=O)c2ccc(CO)cc2)c1NCc1ccc(Cl)s1. The third kappa shape index (κ3) is 5.64. The van der Waals surface area contributed by atoms with E-state index in [1.165, 1.54) is 40.7 Å². The molecule has 0 bridgehead atoms. The van der Waals surface area contributed by atoms with Gasteiger partial charge in [-0.05, 0) is 47.4 Å². The summed E-state index contributed by atoms with van der Waals surface area (Å²) in [5.41, 5.74) is 0.432. The first-order valence-corrected chi connectivity index (χ1v) is 13.5. The minimum atomic E-state index is -0.806. The maximum atomic E-state index is 15.2. The molecule has 0 spiro atoms. The van der Waals surface area contributed by atoms with Gasteiger partial charge in [0.05, 0.1) is 36.7 Å². The summed E-state index contributed by atoms with van der Waals surface area (Å²) in [4.78, 5) is 27.8. The summed E-state index contributed by atoms with van der Waals surface area (Å²) in [6.07, 6.45) is 2.98. The number of pyridine rings is 1. The van der Waals surface area contributed by atoms with Gasteiger partial charge in [-0.25, -0.2) is 8.76 Å². The number of nitrogens with one attached hydrogen (secondary N) is 1. The lowest BCUT2D eigenvalue weighted by Gasteiger charge is -2.11. The van der Waals surface area contributed by atoms with Gasteiger partial charge in [-0.3, -0.25) is 9.59 Å². The molecule has 2 N–H and O–H groups in total. The van der Waals surface area contributed by atoms with E-state index < -0.39 is 17.3 Å². The number of ether oxygens (including phenoxy) is 1. The highest BCUT2D eigenvalue weighted by Crippen LogP contribution is 2.38. The monoisotopic (exact) mass is 585 g/mol. The van der Waals surface area contributed by atoms with Crippen LogP contribution in [0.2, 0.25) is 4.34 Å². The molecular formula is C26H21ClFN5O4S2. The summed E-state index contributed by atoms with van der Waals surface area (Å²) in [5.74, 6) is -0.985. The first-order valence-electron chi connectivity index (χ1n) is 11.6. The van der Waals surface area contributed by atoms with E-state index in [9.17, 15) is 14.7 Å². The molecule has 1 aromatic carbocycles. The average molecular weight is 586 g/mol. The number of aliphatic hydroxyl groups is 1. The maximum absolute atomic E-state index is 15.2. The number of aliphatic hydroxyl groups excluding tert-OH is 1. The smallest absolute Gasteiger partial charge is 0.280 e. The Hall–Kier alpha value is -3.84. The Kier molecular flexibility index (Phi) is 7.89. The molecule has 0 aliphatic heterocycles. The zero-order valence-corrected chi connectivity index (χ0v) is 22.8. The number of benzene rings is 1. The Balaban J connectivity index is 1.62. The molecule has 9 nitrogen and oxygen atoms in total. The third-order valence-corrected chi connectivity index (χ3v) is 7.79. The molecule has 200 valence electrons. The highest BCUT2D eigenvalue weighted by molar-refractivity contribution is 7.16. The second-order valence-corrected chi connectivity index (χ2v) is 11.1. The van der Waals surface area contributed by atoms with E-state index in [-0.39, 0.29) is 36.0 Å². The minimum absolute atomic E-state index is 0.0136. The molecule has 0 unspecified atom stereocenters. The fourth-order valence-electron chi connectivity index (χ4n) is 3.91. The third-order valence-electron chi connectivity index (χ3n) is 5.83. The van der Waals surface area contributed by atoms with Gasteiger partial charge in [0.2, 0.25) is 0 Å². The summed E-state index contributed by atoms with van der Waals surface area (Å²) in [6, 6.07) is 12.7. The number of anilines is 1. The Morgan fingerprint density at radius 3 is 2.62 bits per heavy atom. The predicted molar refractivity (Wildman–Crippen MR) is 148 cm³/mol. The van der Waals surface area contributed by atoms with Crippen LogP contribution in [0.15, 0.2) is 65.7 Å². The Labute approximate surface area is 234 Å². The van der Waals surface area contributed by atoms with Gasteiger partial charge in [0.25, 0.3) is 11.5 Å². The Bertz CT molecular complexity index is 1680. The lowest BCUT2D eigenvalue weighted by atomic mass is 10.1. The fraction of sp³-hybridized carbons (Fsp3) is 0.154. The number of rotatable bonds is 9. The number of halogens is 2. The van der Waals surface area contributed by atoms with Crippen LogP contribution in [-0.4, -0.2) is 36.8 Å². The van der Waals surface area contributed by atoms with Crippen molar-refractivity contribution in [2.24, 2.45) is 0 Å². The molecular weight excluding hydrogens is 565 g/mol. The molecule has 0 amide bonds. The molecule has 4 aromatic heterocycles. The lowest BCUT2D eigenvalue weighted by molar-refractivity contribution is 0.0947. The van der Waals surface area contributed by atoms with Crippen LogP contribution in [0.3, 0.4) is 0 Å². The van der Waals surface area contributed by atoms with Crippen LogP contribution in [0.25, 0.3) is 11.3 Å². The maximum Gasteiger partial charge on any atom is 0.280 e. The summed E-state index contributed by atoms with van der Waals surface area (Å²) in [6.45, 7) is 0.323. The number of methoxy groups -OCH3 is 1. The van der Waals surface area contributed by atoms with Gasteiger partial charge in [-0.1, -0.05) is 23.7 Å². The first-order chi connectivity index (χ1) is 18.9. The molecule has 0 fully saturated rings. The number of aromatic nitrogens is 4. The molecule has 0 saturated heterocycles. The van der Waals surface area contributed by atoms with Crippen molar-refractivity contribution in [2.45, 2.75) is 19.7 Å². The van der Waals surface area contributed by atoms with Crippen LogP contribution in [-0.2, 0) is 19.7 Å². The first kappa shape index (κ1) is 26.8. The summed E-state index contributed by atoms with van der Waals surface area (Å²) in [7, 11) is 1.39. The number of hydrogen-bond acceptors (Lipinski definition) is 9. The van der Waals surface area contributed by atoms with Gasteiger partial charge in [-0.15, -0.1) is 11.3 Å². The molecule has 5 aromatic rings. The molecule has 0 saturated carbocycles. The van der Waals surface area contributed by atoms with E-state index in [2.05, 4.69) is 14.8 Å². The number of hydrogen-bond donors (Lipinski definition) is 2. The minimum Gasteiger partial charge on any atom is -0.491 e. The second kappa shape index (κ2) is 11.5. The molecule has 0 aliphatic rings. The normalized spacial score (nSPS) is 11.1. The number of nitrogens with zero attached hydrogens (tertiary/aromatic N) is 4. The molecule has 4 heterocycles. The van der Waals surface area contributed by atoms with Crippen LogP contribution >= 0.6 is 34.5 Å². The molecule has 0 atom stereocenters. The van der Waals surface area contributed by atoms with Gasteiger partial charge >= 0.3 is 0 Å². The van der Waals surface area contributed by atoms with Gasteiger partial charge in [0, 0.05) is 33.8 Å². The highest BCUT2D eigenvalue weighted by Gasteiger charge is 2.27. The van der Waals surface area contributed by atoms with Crippen molar-refractivity contribution in [3.63, 3.8) is 0 Å². The van der Waals surface area contributed by atoms with Crippen molar-refractivity contribution in [2.75, 3.05) is 12.4 Å². The van der Waals surface area contributed by atoms with Gasteiger partial charge in [-0.2, -0.15) is 9.78 Å². The van der Waals surface area contributed by atoms with E-state index in [4.69, 9.17) is 16.3 Å². The lowest BCUT2D eigenvalue weighted by Crippen LogP contribution is -2.20. The summed E-state index contributed by atoms with van der Waals surface area (Å²) < 4.78 is 28.0. The van der Waals surface area contributed by atoms with E-state index in [1.54, 1.807) is 42.6 Å². The molecule has 5 rings (SSSR count). The number of thiophene rings is 1. The van der Waals surface area contributed by atoms with Crippen LogP contribution in [0.1, 0.15) is 25.7 Å². The zero-order chi connectivity index (χ0) is 27.5. The second-order valence-electron chi connectivity index (χ2n) is 8.34. The fourth-order valence-corrected chi connectivity index (χ4v) is 5.51. The number of carbonyl (C=O) groups is 1. The van der Waals surface area contributed by atoms with Crippen molar-refractivity contribution in [1.82, 2.24) is 18.7 Å². The van der Waals surface area contributed by atoms with E-state index in [0.29, 0.717) is 22.0 Å². The average Bonchev–Trinajstić information content (AvgIpc) is 3.69. The Morgan fingerprint density at radius 2 is 1.97 bits per heavy atom. The van der Waals surface area contributed by atoms with E-state index in [1.807, 2.05) is 6.07 Å². The van der Waals surface area contributed by atoms with Crippen LogP contribution in [0, 0.1) is 5.82 Å². The van der Waals surface area contributed by atoms with Crippen molar-refractivity contribution in [1.29, 1.82) is 0 Å². The van der Waals surface area contributed by atoms with E-state index in [0.717, 1.165) is 20.5 Å². The van der Waals surface area contributed by atoms with Crippen molar-refractivity contribution in [3.8, 4) is 17.0 Å². The standard InChI is InChI=1S/C26H21ClFN5O4S2/c1-37-24-23(19-13-32(22(35)10-20(19)28)12-18-8-9-30-39-18)31-33(25(24)29-11-17-6-7-21(27)38-17)26(36)16-4-2-15(14-34)3-5-16/h2-10,13,29,34H,11-12,14H2,1H3. The largest absolute Gasteiger partial charge is 0.491 e. The molecule has 39 heavy (non-hydrogen) atoms. The van der Waals surface area contributed by atoms with Crippen molar-refractivity contribution < 1.29 is 19.0 Å². The topological polar surface area (TPSA) is 111 Å². The highest BCUT2D eigenvalue weighted by atomic mass is 35.5.